The Bertz CT molecular complexity index is 496. The van der Waals surface area contributed by atoms with Crippen LogP contribution in [0.1, 0.15) is 42.6 Å². The highest BCUT2D eigenvalue weighted by Crippen LogP contribution is 2.28. The summed E-state index contributed by atoms with van der Waals surface area (Å²) in [4.78, 5) is 25.1. The molecule has 4 heteroatoms. The number of hydrogen-bond donors (Lipinski definition) is 0. The summed E-state index contributed by atoms with van der Waals surface area (Å²) in [5.74, 6) is 0.0507. The van der Waals surface area contributed by atoms with Gasteiger partial charge in [0.15, 0.2) is 5.78 Å². The average Bonchev–Trinajstić information content (AvgIpc) is 2.60. The number of amides is 1. The van der Waals surface area contributed by atoms with Crippen molar-refractivity contribution in [2.75, 3.05) is 18.1 Å². The molecule has 4 nitrogen and oxygen atoms in total. The minimum atomic E-state index is -0.304. The minimum Gasteiger partial charge on any atom is -0.449 e. The predicted molar refractivity (Wildman–Crippen MR) is 73.8 cm³/mol. The largest absolute Gasteiger partial charge is 0.449 e. The van der Waals surface area contributed by atoms with Gasteiger partial charge in [-0.25, -0.2) is 4.79 Å². The third-order valence-electron chi connectivity index (χ3n) is 3.34. The second-order valence-electron chi connectivity index (χ2n) is 4.71. The molecule has 0 fully saturated rings. The van der Waals surface area contributed by atoms with E-state index in [2.05, 4.69) is 0 Å². The summed E-state index contributed by atoms with van der Waals surface area (Å²) in [5.41, 5.74) is 2.63. The monoisotopic (exact) mass is 261 g/mol. The Labute approximate surface area is 113 Å². The van der Waals surface area contributed by atoms with Gasteiger partial charge in [-0.2, -0.15) is 0 Å². The van der Waals surface area contributed by atoms with E-state index in [1.807, 2.05) is 12.1 Å². The molecule has 1 amide bonds. The van der Waals surface area contributed by atoms with Crippen molar-refractivity contribution in [3.05, 3.63) is 29.3 Å². The van der Waals surface area contributed by atoms with Gasteiger partial charge in [0, 0.05) is 12.1 Å². The van der Waals surface area contributed by atoms with Crippen molar-refractivity contribution in [2.24, 2.45) is 0 Å². The summed E-state index contributed by atoms with van der Waals surface area (Å²) >= 11 is 0. The Balaban J connectivity index is 2.37. The summed E-state index contributed by atoms with van der Waals surface area (Å²) in [6.45, 7) is 4.40. The number of ether oxygens (including phenoxy) is 1. The third kappa shape index (κ3) is 2.95. The highest BCUT2D eigenvalue weighted by Gasteiger charge is 2.22. The lowest BCUT2D eigenvalue weighted by Crippen LogP contribution is -2.32. The molecule has 0 spiro atoms. The van der Waals surface area contributed by atoms with E-state index in [-0.39, 0.29) is 11.9 Å². The van der Waals surface area contributed by atoms with E-state index in [1.165, 1.54) is 0 Å². The van der Waals surface area contributed by atoms with Gasteiger partial charge < -0.3 is 4.74 Å². The zero-order chi connectivity index (χ0) is 13.8. The number of anilines is 1. The van der Waals surface area contributed by atoms with Gasteiger partial charge in [-0.05, 0) is 56.9 Å². The van der Waals surface area contributed by atoms with Crippen LogP contribution in [0.15, 0.2) is 18.2 Å². The maximum atomic E-state index is 12.0. The van der Waals surface area contributed by atoms with Crippen molar-refractivity contribution in [1.29, 1.82) is 0 Å². The van der Waals surface area contributed by atoms with E-state index >= 15 is 0 Å². The Morgan fingerprint density at radius 2 is 2.11 bits per heavy atom. The summed E-state index contributed by atoms with van der Waals surface area (Å²) in [5, 5.41) is 0. The molecule has 0 N–H and O–H groups in total. The maximum absolute atomic E-state index is 12.0. The van der Waals surface area contributed by atoms with Gasteiger partial charge >= 0.3 is 6.09 Å². The van der Waals surface area contributed by atoms with Gasteiger partial charge in [0.1, 0.15) is 0 Å². The molecule has 19 heavy (non-hydrogen) atoms. The molecule has 0 saturated heterocycles. The molecule has 0 aliphatic carbocycles. The zero-order valence-corrected chi connectivity index (χ0v) is 11.4. The van der Waals surface area contributed by atoms with E-state index in [4.69, 9.17) is 4.74 Å². The lowest BCUT2D eigenvalue weighted by atomic mass is 10.0. The number of fused-ring (bicyclic) bond motifs is 1. The first kappa shape index (κ1) is 13.6. The van der Waals surface area contributed by atoms with Crippen LogP contribution in [0, 0.1) is 0 Å². The van der Waals surface area contributed by atoms with Crippen LogP contribution >= 0.6 is 0 Å². The van der Waals surface area contributed by atoms with Gasteiger partial charge in [-0.15, -0.1) is 0 Å². The highest BCUT2D eigenvalue weighted by atomic mass is 16.6. The highest BCUT2D eigenvalue weighted by molar-refractivity contribution is 5.96. The van der Waals surface area contributed by atoms with Crippen molar-refractivity contribution in [1.82, 2.24) is 0 Å². The van der Waals surface area contributed by atoms with Crippen LogP contribution in [-0.4, -0.2) is 25.0 Å². The van der Waals surface area contributed by atoms with Crippen LogP contribution in [0.25, 0.3) is 0 Å². The molecule has 1 aliphatic rings. The van der Waals surface area contributed by atoms with E-state index in [9.17, 15) is 9.59 Å². The number of nitrogens with zero attached hydrogens (tertiary/aromatic N) is 1. The Hall–Kier alpha value is -1.84. The normalized spacial score (nSPS) is 14.5. The smallest absolute Gasteiger partial charge is 0.414 e. The summed E-state index contributed by atoms with van der Waals surface area (Å²) < 4.78 is 5.09. The van der Waals surface area contributed by atoms with E-state index in [0.29, 0.717) is 18.7 Å². The molecular formula is C15H19NO3. The molecule has 0 atom stereocenters. The molecule has 0 bridgehead atoms. The first-order valence-corrected chi connectivity index (χ1v) is 6.71. The van der Waals surface area contributed by atoms with Crippen LogP contribution in [0.3, 0.4) is 0 Å². The molecule has 0 saturated carbocycles. The van der Waals surface area contributed by atoms with Gasteiger partial charge in [0.05, 0.1) is 12.3 Å². The van der Waals surface area contributed by atoms with Crippen molar-refractivity contribution in [3.63, 3.8) is 0 Å². The first-order valence-electron chi connectivity index (χ1n) is 6.71. The number of carbonyl (C=O) groups is 2. The van der Waals surface area contributed by atoms with Crippen LogP contribution in [0.4, 0.5) is 10.5 Å². The van der Waals surface area contributed by atoms with Crippen molar-refractivity contribution in [3.8, 4) is 0 Å². The lowest BCUT2D eigenvalue weighted by molar-refractivity contribution is 0.101. The lowest BCUT2D eigenvalue weighted by Gasteiger charge is -2.22. The number of benzene rings is 1. The van der Waals surface area contributed by atoms with Crippen LogP contribution in [0.5, 0.6) is 0 Å². The minimum absolute atomic E-state index is 0.0507. The van der Waals surface area contributed by atoms with E-state index < -0.39 is 0 Å². The molecule has 1 heterocycles. The molecule has 2 rings (SSSR count). The van der Waals surface area contributed by atoms with Gasteiger partial charge in [-0.3, -0.25) is 9.69 Å². The van der Waals surface area contributed by atoms with Gasteiger partial charge in [0.2, 0.25) is 0 Å². The maximum Gasteiger partial charge on any atom is 0.414 e. The van der Waals surface area contributed by atoms with Crippen molar-refractivity contribution in [2.45, 2.75) is 33.1 Å². The Morgan fingerprint density at radius 3 is 2.79 bits per heavy atom. The topological polar surface area (TPSA) is 46.6 Å². The Kier molecular flexibility index (Phi) is 4.20. The number of ketones is 1. The summed E-state index contributed by atoms with van der Waals surface area (Å²) in [7, 11) is 0. The standard InChI is InChI=1S/C15H19NO3/c1-3-19-15(18)16-9-5-4-6-13-10-12(11(2)17)7-8-14(13)16/h7-8,10H,3-6,9H2,1-2H3. The quantitative estimate of drug-likeness (QED) is 0.768. The zero-order valence-electron chi connectivity index (χ0n) is 11.4. The van der Waals surface area contributed by atoms with Gasteiger partial charge in [0.25, 0.3) is 0 Å². The second-order valence-corrected chi connectivity index (χ2v) is 4.71. The average molecular weight is 261 g/mol. The van der Waals surface area contributed by atoms with E-state index in [0.717, 1.165) is 30.5 Å². The molecule has 1 aromatic rings. The molecule has 1 aromatic carbocycles. The third-order valence-corrected chi connectivity index (χ3v) is 3.34. The second kappa shape index (κ2) is 5.87. The molecular weight excluding hydrogens is 242 g/mol. The van der Waals surface area contributed by atoms with Gasteiger partial charge in [-0.1, -0.05) is 0 Å². The fourth-order valence-corrected chi connectivity index (χ4v) is 2.36. The fraction of sp³-hybridized carbons (Fsp3) is 0.467. The van der Waals surface area contributed by atoms with Crippen LogP contribution in [0.2, 0.25) is 0 Å². The summed E-state index contributed by atoms with van der Waals surface area (Å²) in [6.07, 6.45) is 2.56. The first-order chi connectivity index (χ1) is 9.13. The van der Waals surface area contributed by atoms with Crippen molar-refractivity contribution < 1.29 is 14.3 Å². The number of Topliss-reactive ketones (excluding diaryl/α,β-unsaturated/α-hetero) is 1. The number of aryl methyl sites for hydroxylation is 1. The van der Waals surface area contributed by atoms with Crippen molar-refractivity contribution >= 4 is 17.6 Å². The predicted octanol–water partition coefficient (Wildman–Crippen LogP) is 3.19. The van der Waals surface area contributed by atoms with Crippen LogP contribution < -0.4 is 4.90 Å². The fourth-order valence-electron chi connectivity index (χ4n) is 2.36. The molecule has 1 aliphatic heterocycles. The molecule has 0 aromatic heterocycles. The summed E-state index contributed by atoms with van der Waals surface area (Å²) in [6, 6.07) is 5.53. The molecule has 102 valence electrons. The SMILES string of the molecule is CCOC(=O)N1CCCCc2cc(C(C)=O)ccc21. The number of hydrogen-bond acceptors (Lipinski definition) is 3. The number of carbonyl (C=O) groups excluding carboxylic acids is 2. The number of rotatable bonds is 2. The Morgan fingerprint density at radius 1 is 1.32 bits per heavy atom. The molecule has 0 unspecified atom stereocenters. The van der Waals surface area contributed by atoms with E-state index in [1.54, 1.807) is 24.8 Å². The molecule has 0 radical (unpaired) electrons. The van der Waals surface area contributed by atoms with Crippen LogP contribution in [-0.2, 0) is 11.2 Å².